The van der Waals surface area contributed by atoms with Crippen LogP contribution in [0, 0.1) is 20.8 Å². The minimum Gasteiger partial charge on any atom is -0.444 e. The lowest BCUT2D eigenvalue weighted by atomic mass is 10.0. The number of hydrogen-bond acceptors (Lipinski definition) is 5. The fraction of sp³-hybridized carbons (Fsp3) is 0.429. The van der Waals surface area contributed by atoms with Crippen LogP contribution in [-0.4, -0.2) is 47.8 Å². The van der Waals surface area contributed by atoms with E-state index < -0.39 is 5.60 Å². The van der Waals surface area contributed by atoms with Crippen LogP contribution in [0.15, 0.2) is 41.2 Å². The molecule has 35 heavy (non-hydrogen) atoms. The van der Waals surface area contributed by atoms with Gasteiger partial charge in [0.25, 0.3) is 5.56 Å². The number of hydrogen-bond donors (Lipinski definition) is 2. The van der Waals surface area contributed by atoms with Crippen LogP contribution < -0.4 is 15.8 Å². The summed E-state index contributed by atoms with van der Waals surface area (Å²) in [5.74, 6) is 0. The van der Waals surface area contributed by atoms with E-state index in [1.165, 1.54) is 11.1 Å². The SMILES string of the molecule is Cc1cc2cc(CNc3ccc(N4CCN(C(=O)OC(C)(C)C)CC4)cc3C)c(=O)[nH]c2cc1C. The first-order valence-corrected chi connectivity index (χ1v) is 12.2. The first kappa shape index (κ1) is 24.6. The highest BCUT2D eigenvalue weighted by Gasteiger charge is 2.26. The Kier molecular flexibility index (Phi) is 6.79. The van der Waals surface area contributed by atoms with Gasteiger partial charge in [0.05, 0.1) is 0 Å². The molecule has 186 valence electrons. The fourth-order valence-corrected chi connectivity index (χ4v) is 4.36. The number of aryl methyl sites for hydroxylation is 3. The molecule has 2 N–H and O–H groups in total. The zero-order valence-electron chi connectivity index (χ0n) is 21.6. The maximum Gasteiger partial charge on any atom is 0.410 e. The molecule has 7 heteroatoms. The van der Waals surface area contributed by atoms with Crippen LogP contribution in [0.5, 0.6) is 0 Å². The second-order valence-electron chi connectivity index (χ2n) is 10.5. The summed E-state index contributed by atoms with van der Waals surface area (Å²) < 4.78 is 5.50. The number of nitrogens with zero attached hydrogens (tertiary/aromatic N) is 2. The standard InChI is InChI=1S/C28H36N4O3/c1-18-13-21-16-22(26(33)30-25(21)15-19(18)2)17-29-24-8-7-23(14-20(24)3)31-9-11-32(12-10-31)27(34)35-28(4,5)6/h7-8,13-16,29H,9-12,17H2,1-6H3,(H,30,33). The summed E-state index contributed by atoms with van der Waals surface area (Å²) in [6.07, 6.45) is -0.248. The highest BCUT2D eigenvalue weighted by atomic mass is 16.6. The molecule has 7 nitrogen and oxygen atoms in total. The minimum absolute atomic E-state index is 0.0645. The summed E-state index contributed by atoms with van der Waals surface area (Å²) in [5, 5.41) is 4.47. The van der Waals surface area contributed by atoms with Crippen molar-refractivity contribution in [3.8, 4) is 0 Å². The Morgan fingerprint density at radius 2 is 1.66 bits per heavy atom. The van der Waals surface area contributed by atoms with Gasteiger partial charge in [0.1, 0.15) is 5.60 Å². The van der Waals surface area contributed by atoms with Crippen molar-refractivity contribution in [3.63, 3.8) is 0 Å². The predicted octanol–water partition coefficient (Wildman–Crippen LogP) is 5.12. The van der Waals surface area contributed by atoms with E-state index in [-0.39, 0.29) is 11.7 Å². The summed E-state index contributed by atoms with van der Waals surface area (Å²) in [6.45, 7) is 15.1. The van der Waals surface area contributed by atoms with E-state index in [4.69, 9.17) is 4.74 Å². The Morgan fingerprint density at radius 1 is 0.971 bits per heavy atom. The van der Waals surface area contributed by atoms with Crippen molar-refractivity contribution in [2.75, 3.05) is 36.4 Å². The van der Waals surface area contributed by atoms with Gasteiger partial charge in [-0.05, 0) is 100 Å². The smallest absolute Gasteiger partial charge is 0.410 e. The van der Waals surface area contributed by atoms with E-state index >= 15 is 0 Å². The second-order valence-corrected chi connectivity index (χ2v) is 10.5. The topological polar surface area (TPSA) is 77.7 Å². The number of nitrogens with one attached hydrogen (secondary N) is 2. The molecule has 3 aromatic rings. The van der Waals surface area contributed by atoms with Gasteiger partial charge in [-0.1, -0.05) is 0 Å². The molecule has 0 unspecified atom stereocenters. The van der Waals surface area contributed by atoms with Gasteiger partial charge in [-0.3, -0.25) is 4.79 Å². The average molecular weight is 477 g/mol. The molecular weight excluding hydrogens is 440 g/mol. The average Bonchev–Trinajstić information content (AvgIpc) is 2.78. The van der Waals surface area contributed by atoms with E-state index in [0.717, 1.165) is 40.9 Å². The lowest BCUT2D eigenvalue weighted by molar-refractivity contribution is 0.0240. The van der Waals surface area contributed by atoms with Crippen molar-refractivity contribution < 1.29 is 9.53 Å². The van der Waals surface area contributed by atoms with Crippen molar-refractivity contribution in [2.45, 2.75) is 53.7 Å². The molecule has 0 radical (unpaired) electrons. The number of pyridine rings is 1. The molecular formula is C28H36N4O3. The normalized spacial score (nSPS) is 14.3. The molecule has 2 aromatic carbocycles. The first-order chi connectivity index (χ1) is 16.5. The Balaban J connectivity index is 1.40. The third-order valence-corrected chi connectivity index (χ3v) is 6.51. The fourth-order valence-electron chi connectivity index (χ4n) is 4.36. The van der Waals surface area contributed by atoms with Crippen LogP contribution in [0.4, 0.5) is 16.2 Å². The zero-order valence-corrected chi connectivity index (χ0v) is 21.6. The minimum atomic E-state index is -0.482. The number of aromatic nitrogens is 1. The molecule has 1 aliphatic rings. The second kappa shape index (κ2) is 9.64. The van der Waals surface area contributed by atoms with Crippen LogP contribution in [0.2, 0.25) is 0 Å². The molecule has 1 amide bonds. The quantitative estimate of drug-likeness (QED) is 0.546. The molecule has 0 bridgehead atoms. The third-order valence-electron chi connectivity index (χ3n) is 6.51. The van der Waals surface area contributed by atoms with E-state index in [1.807, 2.05) is 32.9 Å². The number of piperazine rings is 1. The number of carbonyl (C=O) groups is 1. The molecule has 1 aromatic heterocycles. The van der Waals surface area contributed by atoms with Crippen LogP contribution in [0.25, 0.3) is 10.9 Å². The molecule has 0 aliphatic carbocycles. The number of ether oxygens (including phenoxy) is 1. The number of benzene rings is 2. The van der Waals surface area contributed by atoms with Gasteiger partial charge in [-0.25, -0.2) is 4.79 Å². The Hall–Kier alpha value is -3.48. The molecule has 2 heterocycles. The molecule has 0 atom stereocenters. The van der Waals surface area contributed by atoms with Gasteiger partial charge in [-0.2, -0.15) is 0 Å². The van der Waals surface area contributed by atoms with Gasteiger partial charge in [0.2, 0.25) is 0 Å². The van der Waals surface area contributed by atoms with Gasteiger partial charge >= 0.3 is 6.09 Å². The summed E-state index contributed by atoms with van der Waals surface area (Å²) in [6, 6.07) is 12.4. The predicted molar refractivity (Wildman–Crippen MR) is 143 cm³/mol. The largest absolute Gasteiger partial charge is 0.444 e. The highest BCUT2D eigenvalue weighted by molar-refractivity contribution is 5.80. The maximum absolute atomic E-state index is 12.6. The maximum atomic E-state index is 12.6. The Bertz CT molecular complexity index is 1300. The number of aromatic amines is 1. The van der Waals surface area contributed by atoms with Crippen molar-refractivity contribution >= 4 is 28.4 Å². The van der Waals surface area contributed by atoms with E-state index in [0.29, 0.717) is 25.2 Å². The number of carbonyl (C=O) groups excluding carboxylic acids is 1. The number of amides is 1. The number of fused-ring (bicyclic) bond motifs is 1. The molecule has 1 aliphatic heterocycles. The summed E-state index contributed by atoms with van der Waals surface area (Å²) in [5.41, 5.74) is 6.65. The molecule has 1 saturated heterocycles. The van der Waals surface area contributed by atoms with Crippen LogP contribution in [0.3, 0.4) is 0 Å². The van der Waals surface area contributed by atoms with Crippen molar-refractivity contribution in [3.05, 3.63) is 69.0 Å². The monoisotopic (exact) mass is 476 g/mol. The molecule has 0 saturated carbocycles. The van der Waals surface area contributed by atoms with Crippen molar-refractivity contribution in [1.82, 2.24) is 9.88 Å². The summed E-state index contributed by atoms with van der Waals surface area (Å²) in [7, 11) is 0. The van der Waals surface area contributed by atoms with Crippen LogP contribution in [0.1, 0.15) is 43.0 Å². The number of anilines is 2. The van der Waals surface area contributed by atoms with Gasteiger partial charge in [0, 0.05) is 55.2 Å². The third kappa shape index (κ3) is 5.78. The Morgan fingerprint density at radius 3 is 2.31 bits per heavy atom. The van der Waals surface area contributed by atoms with Gasteiger partial charge in [-0.15, -0.1) is 0 Å². The van der Waals surface area contributed by atoms with E-state index in [2.05, 4.69) is 60.2 Å². The first-order valence-electron chi connectivity index (χ1n) is 12.2. The lowest BCUT2D eigenvalue weighted by Gasteiger charge is -2.37. The van der Waals surface area contributed by atoms with Crippen LogP contribution >= 0.6 is 0 Å². The summed E-state index contributed by atoms with van der Waals surface area (Å²) in [4.78, 5) is 32.0. The highest BCUT2D eigenvalue weighted by Crippen LogP contribution is 2.25. The Labute approximate surface area is 207 Å². The van der Waals surface area contributed by atoms with E-state index in [9.17, 15) is 9.59 Å². The summed E-state index contributed by atoms with van der Waals surface area (Å²) >= 11 is 0. The van der Waals surface area contributed by atoms with Crippen LogP contribution in [-0.2, 0) is 11.3 Å². The van der Waals surface area contributed by atoms with E-state index in [1.54, 1.807) is 4.90 Å². The molecule has 4 rings (SSSR count). The number of rotatable bonds is 4. The lowest BCUT2D eigenvalue weighted by Crippen LogP contribution is -2.50. The zero-order chi connectivity index (χ0) is 25.3. The van der Waals surface area contributed by atoms with Gasteiger partial charge in [0.15, 0.2) is 0 Å². The van der Waals surface area contributed by atoms with Crippen molar-refractivity contribution in [1.29, 1.82) is 0 Å². The molecule has 1 fully saturated rings. The number of H-pyrrole nitrogens is 1. The molecule has 0 spiro atoms. The van der Waals surface area contributed by atoms with Crippen molar-refractivity contribution in [2.24, 2.45) is 0 Å². The van der Waals surface area contributed by atoms with Gasteiger partial charge < -0.3 is 24.8 Å².